The van der Waals surface area contributed by atoms with Crippen molar-refractivity contribution in [2.75, 3.05) is 0 Å². The highest BCUT2D eigenvalue weighted by Crippen LogP contribution is 2.33. The minimum absolute atomic E-state index is 0.144. The maximum absolute atomic E-state index is 13.8. The molecule has 21 heavy (non-hydrogen) atoms. The lowest BCUT2D eigenvalue weighted by Gasteiger charge is -2.27. The number of ketones is 1. The van der Waals surface area contributed by atoms with Crippen LogP contribution < -0.4 is 0 Å². The van der Waals surface area contributed by atoms with Crippen LogP contribution in [-0.4, -0.2) is 5.78 Å². The molecule has 2 rings (SSSR count). The van der Waals surface area contributed by atoms with Crippen molar-refractivity contribution in [2.45, 2.75) is 58.3 Å². The van der Waals surface area contributed by atoms with Gasteiger partial charge in [0.05, 0.1) is 0 Å². The first kappa shape index (κ1) is 16.7. The maximum atomic E-state index is 13.8. The summed E-state index contributed by atoms with van der Waals surface area (Å²) in [5.41, 5.74) is 0.524. The quantitative estimate of drug-likeness (QED) is 0.640. The van der Waals surface area contributed by atoms with Crippen LogP contribution in [0, 0.1) is 17.7 Å². The first-order valence-corrected chi connectivity index (χ1v) is 8.86. The summed E-state index contributed by atoms with van der Waals surface area (Å²) in [5, 5.41) is 0. The molecule has 0 spiro atoms. The molecule has 0 bridgehead atoms. The van der Waals surface area contributed by atoms with Crippen molar-refractivity contribution in [3.63, 3.8) is 0 Å². The van der Waals surface area contributed by atoms with Gasteiger partial charge in [-0.25, -0.2) is 4.39 Å². The Morgan fingerprint density at radius 2 is 2.00 bits per heavy atom. The Morgan fingerprint density at radius 1 is 1.29 bits per heavy atom. The number of benzene rings is 1. The summed E-state index contributed by atoms with van der Waals surface area (Å²) in [6.45, 7) is 2.22. The Balaban J connectivity index is 1.84. The van der Waals surface area contributed by atoms with Crippen LogP contribution in [0.15, 0.2) is 22.7 Å². The summed E-state index contributed by atoms with van der Waals surface area (Å²) >= 11 is 3.24. The molecule has 0 unspecified atom stereocenters. The molecule has 1 aliphatic carbocycles. The molecule has 1 saturated carbocycles. The van der Waals surface area contributed by atoms with Gasteiger partial charge >= 0.3 is 0 Å². The van der Waals surface area contributed by atoms with Gasteiger partial charge in [0.15, 0.2) is 0 Å². The summed E-state index contributed by atoms with van der Waals surface area (Å²) in [7, 11) is 0. The molecule has 1 fully saturated rings. The largest absolute Gasteiger partial charge is 0.299 e. The number of carbonyl (C=O) groups is 1. The highest BCUT2D eigenvalue weighted by molar-refractivity contribution is 9.10. The second-order valence-electron chi connectivity index (χ2n) is 6.24. The molecule has 0 amide bonds. The van der Waals surface area contributed by atoms with E-state index in [1.807, 2.05) is 0 Å². The van der Waals surface area contributed by atoms with Crippen molar-refractivity contribution >= 4 is 21.7 Å². The highest BCUT2D eigenvalue weighted by Gasteiger charge is 2.26. The molecular weight excluding hydrogens is 331 g/mol. The molecule has 0 radical (unpaired) electrons. The van der Waals surface area contributed by atoms with Gasteiger partial charge in [-0.15, -0.1) is 0 Å². The molecule has 1 aromatic carbocycles. The number of unbranched alkanes of at least 4 members (excludes halogenated alkanes) is 1. The van der Waals surface area contributed by atoms with Crippen LogP contribution in [-0.2, 0) is 11.2 Å². The van der Waals surface area contributed by atoms with Crippen molar-refractivity contribution in [3.05, 3.63) is 34.1 Å². The van der Waals surface area contributed by atoms with E-state index in [0.717, 1.165) is 18.8 Å². The Morgan fingerprint density at radius 3 is 2.62 bits per heavy atom. The number of rotatable bonds is 6. The molecule has 1 aliphatic rings. The van der Waals surface area contributed by atoms with Crippen LogP contribution in [0.4, 0.5) is 4.39 Å². The molecule has 3 heteroatoms. The van der Waals surface area contributed by atoms with E-state index in [2.05, 4.69) is 22.9 Å². The summed E-state index contributed by atoms with van der Waals surface area (Å²) in [6.07, 6.45) is 8.41. The van der Waals surface area contributed by atoms with Gasteiger partial charge in [0.25, 0.3) is 0 Å². The van der Waals surface area contributed by atoms with Crippen LogP contribution in [0.3, 0.4) is 0 Å². The van der Waals surface area contributed by atoms with Gasteiger partial charge in [0.2, 0.25) is 0 Å². The normalized spacial score (nSPS) is 22.2. The predicted molar refractivity (Wildman–Crippen MR) is 87.8 cm³/mol. The van der Waals surface area contributed by atoms with E-state index in [9.17, 15) is 9.18 Å². The number of hydrogen-bond acceptors (Lipinski definition) is 1. The fourth-order valence-electron chi connectivity index (χ4n) is 3.26. The predicted octanol–water partition coefficient (Wildman–Crippen LogP) is 5.70. The summed E-state index contributed by atoms with van der Waals surface area (Å²) < 4.78 is 14.5. The van der Waals surface area contributed by atoms with Gasteiger partial charge in [-0.3, -0.25) is 4.79 Å². The minimum atomic E-state index is -0.283. The summed E-state index contributed by atoms with van der Waals surface area (Å²) in [4.78, 5) is 12.3. The SMILES string of the molecule is CCCCC1CCC(C(=O)Cc2ccc(Br)cc2F)CC1. The molecule has 0 N–H and O–H groups in total. The minimum Gasteiger partial charge on any atom is -0.299 e. The van der Waals surface area contributed by atoms with Crippen LogP contribution in [0.2, 0.25) is 0 Å². The van der Waals surface area contributed by atoms with E-state index in [1.165, 1.54) is 38.2 Å². The van der Waals surface area contributed by atoms with Crippen LogP contribution in [0.1, 0.15) is 57.4 Å². The van der Waals surface area contributed by atoms with E-state index in [0.29, 0.717) is 10.0 Å². The lowest BCUT2D eigenvalue weighted by atomic mass is 9.77. The maximum Gasteiger partial charge on any atom is 0.140 e. The van der Waals surface area contributed by atoms with Crippen LogP contribution in [0.25, 0.3) is 0 Å². The van der Waals surface area contributed by atoms with Crippen molar-refractivity contribution < 1.29 is 9.18 Å². The van der Waals surface area contributed by atoms with E-state index in [1.54, 1.807) is 12.1 Å². The second-order valence-corrected chi connectivity index (χ2v) is 7.15. The first-order chi connectivity index (χ1) is 10.1. The fourth-order valence-corrected chi connectivity index (χ4v) is 3.60. The third-order valence-corrected chi connectivity index (χ3v) is 5.14. The molecule has 0 aromatic heterocycles. The van der Waals surface area contributed by atoms with Gasteiger partial charge in [-0.2, -0.15) is 0 Å². The molecule has 0 atom stereocenters. The number of Topliss-reactive ketones (excluding diaryl/α,β-unsaturated/α-hetero) is 1. The Hall–Kier alpha value is -0.700. The smallest absolute Gasteiger partial charge is 0.140 e. The lowest BCUT2D eigenvalue weighted by Crippen LogP contribution is -2.23. The average Bonchev–Trinajstić information content (AvgIpc) is 2.48. The molecule has 116 valence electrons. The van der Waals surface area contributed by atoms with Crippen molar-refractivity contribution in [1.29, 1.82) is 0 Å². The zero-order valence-corrected chi connectivity index (χ0v) is 14.3. The van der Waals surface area contributed by atoms with Gasteiger partial charge in [0.1, 0.15) is 11.6 Å². The van der Waals surface area contributed by atoms with Crippen molar-refractivity contribution in [1.82, 2.24) is 0 Å². The van der Waals surface area contributed by atoms with E-state index in [-0.39, 0.29) is 23.9 Å². The second kappa shape index (κ2) is 8.07. The van der Waals surface area contributed by atoms with Crippen LogP contribution >= 0.6 is 15.9 Å². The summed E-state index contributed by atoms with van der Waals surface area (Å²) in [6, 6.07) is 4.95. The third-order valence-electron chi connectivity index (χ3n) is 4.65. The van der Waals surface area contributed by atoms with Gasteiger partial charge in [0, 0.05) is 16.8 Å². The van der Waals surface area contributed by atoms with E-state index >= 15 is 0 Å². The van der Waals surface area contributed by atoms with E-state index in [4.69, 9.17) is 0 Å². The standard InChI is InChI=1S/C18H24BrFO/c1-2-3-4-13-5-7-14(8-6-13)18(21)11-15-9-10-16(19)12-17(15)20/h9-10,12-14H,2-8,11H2,1H3. The molecule has 0 heterocycles. The molecule has 0 aliphatic heterocycles. The number of hydrogen-bond donors (Lipinski definition) is 0. The van der Waals surface area contributed by atoms with Gasteiger partial charge < -0.3 is 0 Å². The first-order valence-electron chi connectivity index (χ1n) is 8.06. The number of carbonyl (C=O) groups excluding carboxylic acids is 1. The molecule has 0 saturated heterocycles. The lowest BCUT2D eigenvalue weighted by molar-refractivity contribution is -0.123. The van der Waals surface area contributed by atoms with Crippen LogP contribution in [0.5, 0.6) is 0 Å². The average molecular weight is 355 g/mol. The molecule has 1 nitrogen and oxygen atoms in total. The monoisotopic (exact) mass is 354 g/mol. The third kappa shape index (κ3) is 4.91. The Labute approximate surface area is 135 Å². The number of halogens is 2. The fraction of sp³-hybridized carbons (Fsp3) is 0.611. The summed E-state index contributed by atoms with van der Waals surface area (Å²) in [5.74, 6) is 0.879. The van der Waals surface area contributed by atoms with Gasteiger partial charge in [-0.1, -0.05) is 48.2 Å². The topological polar surface area (TPSA) is 17.1 Å². The van der Waals surface area contributed by atoms with Crippen molar-refractivity contribution in [2.24, 2.45) is 11.8 Å². The Kier molecular flexibility index (Phi) is 6.40. The van der Waals surface area contributed by atoms with Gasteiger partial charge in [-0.05, 0) is 49.3 Å². The van der Waals surface area contributed by atoms with E-state index < -0.39 is 0 Å². The molecule has 1 aromatic rings. The zero-order valence-electron chi connectivity index (χ0n) is 12.7. The Bertz CT molecular complexity index is 478. The zero-order chi connectivity index (χ0) is 15.2. The van der Waals surface area contributed by atoms with Crippen molar-refractivity contribution in [3.8, 4) is 0 Å². The molecular formula is C18H24BrFO. The highest BCUT2D eigenvalue weighted by atomic mass is 79.9.